The summed E-state index contributed by atoms with van der Waals surface area (Å²) in [4.78, 5) is 13.6. The molecule has 0 spiro atoms. The van der Waals surface area contributed by atoms with Crippen LogP contribution < -0.4 is 11.3 Å². The lowest BCUT2D eigenvalue weighted by Gasteiger charge is -2.01. The third kappa shape index (κ3) is 1.87. The van der Waals surface area contributed by atoms with Crippen molar-refractivity contribution in [3.05, 3.63) is 28.2 Å². The lowest BCUT2D eigenvalue weighted by atomic mass is 10.1. The van der Waals surface area contributed by atoms with Crippen molar-refractivity contribution in [2.45, 2.75) is 26.2 Å². The van der Waals surface area contributed by atoms with Crippen LogP contribution in [0.15, 0.2) is 17.1 Å². The van der Waals surface area contributed by atoms with E-state index in [0.29, 0.717) is 5.69 Å². The summed E-state index contributed by atoms with van der Waals surface area (Å²) in [5.41, 5.74) is 6.73. The number of anilines is 1. The van der Waals surface area contributed by atoms with E-state index in [-0.39, 0.29) is 5.56 Å². The van der Waals surface area contributed by atoms with Crippen LogP contribution in [0.5, 0.6) is 0 Å². The Labute approximate surface area is 71.6 Å². The van der Waals surface area contributed by atoms with Crippen LogP contribution in [-0.4, -0.2) is 4.98 Å². The van der Waals surface area contributed by atoms with Crippen LogP contribution in [0.25, 0.3) is 0 Å². The highest BCUT2D eigenvalue weighted by Gasteiger charge is 2.00. The van der Waals surface area contributed by atoms with Gasteiger partial charge < -0.3 is 10.7 Å². The third-order valence-electron chi connectivity index (χ3n) is 1.89. The Morgan fingerprint density at radius 2 is 2.33 bits per heavy atom. The largest absolute Gasteiger partial charge is 0.394 e. The number of H-pyrrole nitrogens is 1. The van der Waals surface area contributed by atoms with Crippen molar-refractivity contribution in [2.75, 3.05) is 5.73 Å². The first-order valence-corrected chi connectivity index (χ1v) is 4.21. The van der Waals surface area contributed by atoms with Gasteiger partial charge in [0, 0.05) is 6.20 Å². The topological polar surface area (TPSA) is 58.9 Å². The summed E-state index contributed by atoms with van der Waals surface area (Å²) < 4.78 is 0. The number of nitrogens with two attached hydrogens (primary N) is 1. The molecule has 12 heavy (non-hydrogen) atoms. The summed E-state index contributed by atoms with van der Waals surface area (Å²) in [6.07, 6.45) is 4.73. The Bertz CT molecular complexity index is 304. The van der Waals surface area contributed by atoms with Gasteiger partial charge in [0.25, 0.3) is 5.56 Å². The highest BCUT2D eigenvalue weighted by molar-refractivity contribution is 5.43. The zero-order valence-corrected chi connectivity index (χ0v) is 7.26. The number of nitrogens with one attached hydrogen (secondary N) is 1. The second-order valence-electron chi connectivity index (χ2n) is 2.85. The monoisotopic (exact) mass is 166 g/mol. The molecule has 0 aliphatic heterocycles. The van der Waals surface area contributed by atoms with Gasteiger partial charge in [-0.25, -0.2) is 0 Å². The maximum Gasteiger partial charge on any atom is 0.271 e. The van der Waals surface area contributed by atoms with Crippen LogP contribution in [0.3, 0.4) is 0 Å². The van der Waals surface area contributed by atoms with E-state index in [1.807, 2.05) is 6.07 Å². The van der Waals surface area contributed by atoms with E-state index in [2.05, 4.69) is 11.9 Å². The minimum atomic E-state index is -0.177. The molecule has 3 nitrogen and oxygen atoms in total. The molecule has 0 atom stereocenters. The fraction of sp³-hybridized carbons (Fsp3) is 0.444. The Hall–Kier alpha value is -1.25. The molecule has 1 aromatic heterocycles. The van der Waals surface area contributed by atoms with Crippen molar-refractivity contribution in [1.82, 2.24) is 4.98 Å². The molecule has 0 aromatic carbocycles. The summed E-state index contributed by atoms with van der Waals surface area (Å²) in [7, 11) is 0. The Balaban J connectivity index is 2.85. The standard InChI is InChI=1S/C9H14N2O/c1-2-3-4-7-5-6-11-9(12)8(7)10/h5-6H,2-4,10H2,1H3,(H,11,12). The van der Waals surface area contributed by atoms with Crippen molar-refractivity contribution in [1.29, 1.82) is 0 Å². The molecule has 1 heterocycles. The van der Waals surface area contributed by atoms with Gasteiger partial charge in [0.1, 0.15) is 5.69 Å². The van der Waals surface area contributed by atoms with Gasteiger partial charge in [0.05, 0.1) is 0 Å². The second-order valence-corrected chi connectivity index (χ2v) is 2.85. The van der Waals surface area contributed by atoms with E-state index in [0.717, 1.165) is 24.8 Å². The molecular weight excluding hydrogens is 152 g/mol. The van der Waals surface area contributed by atoms with E-state index >= 15 is 0 Å². The number of aromatic amines is 1. The quantitative estimate of drug-likeness (QED) is 0.711. The van der Waals surface area contributed by atoms with Gasteiger partial charge in [-0.05, 0) is 24.5 Å². The van der Waals surface area contributed by atoms with Crippen molar-refractivity contribution in [2.24, 2.45) is 0 Å². The molecule has 0 saturated carbocycles. The highest BCUT2D eigenvalue weighted by Crippen LogP contribution is 2.08. The first-order valence-electron chi connectivity index (χ1n) is 4.21. The van der Waals surface area contributed by atoms with Crippen molar-refractivity contribution in [3.63, 3.8) is 0 Å². The number of rotatable bonds is 3. The molecule has 0 saturated heterocycles. The van der Waals surface area contributed by atoms with Gasteiger partial charge in [-0.3, -0.25) is 4.79 Å². The van der Waals surface area contributed by atoms with Gasteiger partial charge in [0.15, 0.2) is 0 Å². The van der Waals surface area contributed by atoms with Crippen LogP contribution in [-0.2, 0) is 6.42 Å². The summed E-state index contributed by atoms with van der Waals surface area (Å²) in [5.74, 6) is 0. The fourth-order valence-corrected chi connectivity index (χ4v) is 1.12. The van der Waals surface area contributed by atoms with Crippen LogP contribution in [0.4, 0.5) is 5.69 Å². The van der Waals surface area contributed by atoms with Crippen molar-refractivity contribution < 1.29 is 0 Å². The van der Waals surface area contributed by atoms with Gasteiger partial charge in [-0.15, -0.1) is 0 Å². The molecule has 0 unspecified atom stereocenters. The van der Waals surface area contributed by atoms with Crippen molar-refractivity contribution >= 4 is 5.69 Å². The highest BCUT2D eigenvalue weighted by atomic mass is 16.1. The van der Waals surface area contributed by atoms with Gasteiger partial charge >= 0.3 is 0 Å². The van der Waals surface area contributed by atoms with E-state index in [9.17, 15) is 4.79 Å². The molecule has 1 aromatic rings. The number of aryl methyl sites for hydroxylation is 1. The first-order chi connectivity index (χ1) is 5.75. The number of pyridine rings is 1. The predicted molar refractivity (Wildman–Crippen MR) is 50.1 cm³/mol. The summed E-state index contributed by atoms with van der Waals surface area (Å²) in [6.45, 7) is 2.11. The van der Waals surface area contributed by atoms with Gasteiger partial charge in [-0.1, -0.05) is 13.3 Å². The van der Waals surface area contributed by atoms with Crippen LogP contribution in [0.2, 0.25) is 0 Å². The summed E-state index contributed by atoms with van der Waals surface area (Å²) >= 11 is 0. The van der Waals surface area contributed by atoms with Gasteiger partial charge in [-0.2, -0.15) is 0 Å². The van der Waals surface area contributed by atoms with Crippen LogP contribution in [0, 0.1) is 0 Å². The Kier molecular flexibility index (Phi) is 2.91. The van der Waals surface area contributed by atoms with E-state index in [1.165, 1.54) is 0 Å². The Morgan fingerprint density at radius 3 is 3.00 bits per heavy atom. The predicted octanol–water partition coefficient (Wildman–Crippen LogP) is 1.30. The minimum absolute atomic E-state index is 0.177. The molecule has 0 aliphatic rings. The number of unbranched alkanes of at least 4 members (excludes halogenated alkanes) is 1. The molecule has 0 bridgehead atoms. The second kappa shape index (κ2) is 3.95. The molecule has 0 amide bonds. The number of aromatic nitrogens is 1. The van der Waals surface area contributed by atoms with E-state index < -0.39 is 0 Å². The lowest BCUT2D eigenvalue weighted by Crippen LogP contribution is -2.13. The molecule has 0 fully saturated rings. The minimum Gasteiger partial charge on any atom is -0.394 e. The number of nitrogen functional groups attached to an aromatic ring is 1. The van der Waals surface area contributed by atoms with E-state index in [4.69, 9.17) is 5.73 Å². The molecule has 66 valence electrons. The summed E-state index contributed by atoms with van der Waals surface area (Å²) in [5, 5.41) is 0. The smallest absolute Gasteiger partial charge is 0.271 e. The lowest BCUT2D eigenvalue weighted by molar-refractivity contribution is 0.794. The van der Waals surface area contributed by atoms with Crippen LogP contribution >= 0.6 is 0 Å². The van der Waals surface area contributed by atoms with E-state index in [1.54, 1.807) is 6.20 Å². The first kappa shape index (κ1) is 8.84. The SMILES string of the molecule is CCCCc1cc[nH]c(=O)c1N. The fourth-order valence-electron chi connectivity index (χ4n) is 1.12. The maximum absolute atomic E-state index is 11.0. The normalized spacial score (nSPS) is 10.1. The zero-order chi connectivity index (χ0) is 8.97. The average Bonchev–Trinajstić information content (AvgIpc) is 2.08. The average molecular weight is 166 g/mol. The van der Waals surface area contributed by atoms with Crippen LogP contribution in [0.1, 0.15) is 25.3 Å². The van der Waals surface area contributed by atoms with Gasteiger partial charge in [0.2, 0.25) is 0 Å². The maximum atomic E-state index is 11.0. The molecular formula is C9H14N2O. The molecule has 3 N–H and O–H groups in total. The molecule has 3 heteroatoms. The molecule has 1 rings (SSSR count). The van der Waals surface area contributed by atoms with Crippen molar-refractivity contribution in [3.8, 4) is 0 Å². The molecule has 0 aliphatic carbocycles. The third-order valence-corrected chi connectivity index (χ3v) is 1.89. The molecule has 0 radical (unpaired) electrons. The Morgan fingerprint density at radius 1 is 1.58 bits per heavy atom. The number of hydrogen-bond acceptors (Lipinski definition) is 2. The summed E-state index contributed by atoms with van der Waals surface area (Å²) in [6, 6.07) is 1.87. The zero-order valence-electron chi connectivity index (χ0n) is 7.26. The number of hydrogen-bond donors (Lipinski definition) is 2.